The molecule has 0 atom stereocenters. The van der Waals surface area contributed by atoms with Crippen molar-refractivity contribution in [2.45, 2.75) is 0 Å². The first-order valence-corrected chi connectivity index (χ1v) is 4.17. The average molecular weight is 215 g/mol. The van der Waals surface area contributed by atoms with Gasteiger partial charge in [0.15, 0.2) is 0 Å². The highest BCUT2D eigenvalue weighted by Crippen LogP contribution is 1.68. The maximum atomic E-state index is 10.9. The van der Waals surface area contributed by atoms with Crippen LogP contribution in [0.5, 0.6) is 0 Å². The molecule has 0 spiro atoms. The summed E-state index contributed by atoms with van der Waals surface area (Å²) in [6.45, 7) is 2.95. The Bertz CT molecular complexity index is 265. The van der Waals surface area contributed by atoms with Crippen LogP contribution in [0.15, 0.2) is 12.7 Å². The van der Waals surface area contributed by atoms with Gasteiger partial charge in [-0.15, -0.1) is 6.58 Å². The molecule has 0 aliphatic rings. The minimum absolute atomic E-state index is 0.268. The molecular weight excluding hydrogens is 202 g/mol. The minimum atomic E-state index is -1.14. The smallest absolute Gasteiger partial charge is 0.322 e. The fourth-order valence-corrected chi connectivity index (χ4v) is 0.625. The van der Waals surface area contributed by atoms with Crippen molar-refractivity contribution in [3.8, 4) is 0 Å². The Morgan fingerprint density at radius 2 is 1.80 bits per heavy atom. The summed E-state index contributed by atoms with van der Waals surface area (Å²) in [4.78, 5) is 31.8. The van der Waals surface area contributed by atoms with E-state index in [0.29, 0.717) is 6.54 Å². The average Bonchev–Trinajstić information content (AvgIpc) is 2.20. The van der Waals surface area contributed by atoms with E-state index in [1.807, 2.05) is 0 Å². The van der Waals surface area contributed by atoms with Crippen molar-refractivity contribution < 1.29 is 19.5 Å². The van der Waals surface area contributed by atoms with E-state index in [9.17, 15) is 14.4 Å². The number of hydrogen-bond donors (Lipinski definition) is 4. The zero-order valence-corrected chi connectivity index (χ0v) is 8.08. The summed E-state index contributed by atoms with van der Waals surface area (Å²) in [6, 6.07) is -0.514. The molecule has 4 N–H and O–H groups in total. The SMILES string of the molecule is C=CCNC(=O)NCC(=O)NCC(=O)O. The van der Waals surface area contributed by atoms with Crippen LogP contribution in [-0.4, -0.2) is 42.6 Å². The van der Waals surface area contributed by atoms with E-state index in [1.165, 1.54) is 6.08 Å². The van der Waals surface area contributed by atoms with Gasteiger partial charge in [0.1, 0.15) is 6.54 Å². The van der Waals surface area contributed by atoms with Crippen molar-refractivity contribution in [2.24, 2.45) is 0 Å². The lowest BCUT2D eigenvalue weighted by atomic mass is 10.5. The van der Waals surface area contributed by atoms with Gasteiger partial charge in [-0.25, -0.2) is 4.79 Å². The molecule has 7 heteroatoms. The molecular formula is C8H13N3O4. The maximum absolute atomic E-state index is 10.9. The minimum Gasteiger partial charge on any atom is -0.480 e. The van der Waals surface area contributed by atoms with Crippen molar-refractivity contribution in [3.63, 3.8) is 0 Å². The van der Waals surface area contributed by atoms with Crippen molar-refractivity contribution in [1.29, 1.82) is 0 Å². The van der Waals surface area contributed by atoms with Crippen LogP contribution in [0.4, 0.5) is 4.79 Å². The molecule has 3 amide bonds. The third kappa shape index (κ3) is 8.28. The molecule has 0 radical (unpaired) electrons. The lowest BCUT2D eigenvalue weighted by molar-refractivity contribution is -0.137. The molecule has 0 aromatic carbocycles. The Morgan fingerprint density at radius 1 is 1.13 bits per heavy atom. The lowest BCUT2D eigenvalue weighted by Crippen LogP contribution is -2.43. The number of nitrogens with one attached hydrogen (secondary N) is 3. The van der Waals surface area contributed by atoms with Gasteiger partial charge in [0.2, 0.25) is 5.91 Å². The van der Waals surface area contributed by atoms with Gasteiger partial charge in [0.05, 0.1) is 6.54 Å². The molecule has 0 heterocycles. The molecule has 15 heavy (non-hydrogen) atoms. The third-order valence-electron chi connectivity index (χ3n) is 1.25. The summed E-state index contributed by atoms with van der Waals surface area (Å²) in [6.07, 6.45) is 1.49. The van der Waals surface area contributed by atoms with Crippen LogP contribution in [0.1, 0.15) is 0 Å². The largest absolute Gasteiger partial charge is 0.480 e. The van der Waals surface area contributed by atoms with Crippen LogP contribution >= 0.6 is 0 Å². The molecule has 84 valence electrons. The predicted octanol–water partition coefficient (Wildman–Crippen LogP) is -1.33. The number of aliphatic carboxylic acids is 1. The quantitative estimate of drug-likeness (QED) is 0.412. The summed E-state index contributed by atoms with van der Waals surface area (Å²) in [7, 11) is 0. The predicted molar refractivity (Wildman–Crippen MR) is 52.2 cm³/mol. The van der Waals surface area contributed by atoms with Gasteiger partial charge >= 0.3 is 12.0 Å². The number of rotatable bonds is 6. The highest BCUT2D eigenvalue weighted by Gasteiger charge is 2.05. The topological polar surface area (TPSA) is 108 Å². The molecule has 0 fully saturated rings. The number of carbonyl (C=O) groups excluding carboxylic acids is 2. The van der Waals surface area contributed by atoms with E-state index in [1.54, 1.807) is 0 Å². The molecule has 0 saturated carbocycles. The molecule has 0 saturated heterocycles. The molecule has 0 aromatic rings. The van der Waals surface area contributed by atoms with Crippen LogP contribution in [0, 0.1) is 0 Å². The van der Waals surface area contributed by atoms with E-state index in [4.69, 9.17) is 5.11 Å². The van der Waals surface area contributed by atoms with Crippen molar-refractivity contribution in [1.82, 2.24) is 16.0 Å². The Hall–Kier alpha value is -2.05. The summed E-state index contributed by atoms with van der Waals surface area (Å²) in [5.41, 5.74) is 0. The Kier molecular flexibility index (Phi) is 6.36. The second-order valence-corrected chi connectivity index (χ2v) is 2.52. The normalized spacial score (nSPS) is 8.80. The summed E-state index contributed by atoms with van der Waals surface area (Å²) < 4.78 is 0. The molecule has 0 aliphatic carbocycles. The van der Waals surface area contributed by atoms with Gasteiger partial charge in [-0.2, -0.15) is 0 Å². The van der Waals surface area contributed by atoms with Gasteiger partial charge in [-0.3, -0.25) is 9.59 Å². The number of carboxylic acids is 1. The standard InChI is InChI=1S/C8H13N3O4/c1-2-3-9-8(15)11-4-6(12)10-5-7(13)14/h2H,1,3-5H2,(H,10,12)(H,13,14)(H2,9,11,15). The van der Waals surface area contributed by atoms with Crippen LogP contribution < -0.4 is 16.0 Å². The van der Waals surface area contributed by atoms with Crippen LogP contribution in [0.3, 0.4) is 0 Å². The number of carbonyl (C=O) groups is 3. The van der Waals surface area contributed by atoms with E-state index < -0.39 is 24.5 Å². The van der Waals surface area contributed by atoms with E-state index in [0.717, 1.165) is 0 Å². The number of urea groups is 1. The molecule has 7 nitrogen and oxygen atoms in total. The van der Waals surface area contributed by atoms with E-state index in [-0.39, 0.29) is 6.54 Å². The first-order valence-electron chi connectivity index (χ1n) is 4.17. The monoisotopic (exact) mass is 215 g/mol. The maximum Gasteiger partial charge on any atom is 0.322 e. The van der Waals surface area contributed by atoms with E-state index >= 15 is 0 Å². The fourth-order valence-electron chi connectivity index (χ4n) is 0.625. The zero-order valence-electron chi connectivity index (χ0n) is 8.08. The first kappa shape index (κ1) is 12.9. The van der Waals surface area contributed by atoms with Crippen molar-refractivity contribution >= 4 is 17.9 Å². The molecule has 0 aromatic heterocycles. The number of amides is 3. The second kappa shape index (κ2) is 7.36. The van der Waals surface area contributed by atoms with Crippen LogP contribution in [-0.2, 0) is 9.59 Å². The van der Waals surface area contributed by atoms with Gasteiger partial charge in [0, 0.05) is 6.54 Å². The van der Waals surface area contributed by atoms with Crippen LogP contribution in [0.25, 0.3) is 0 Å². The van der Waals surface area contributed by atoms with Crippen molar-refractivity contribution in [3.05, 3.63) is 12.7 Å². The summed E-state index contributed by atoms with van der Waals surface area (Å²) >= 11 is 0. The number of carboxylic acid groups (broad SMARTS) is 1. The van der Waals surface area contributed by atoms with Gasteiger partial charge in [0.25, 0.3) is 0 Å². The third-order valence-corrected chi connectivity index (χ3v) is 1.25. The Balaban J connectivity index is 3.57. The first-order chi connectivity index (χ1) is 7.06. The molecule has 0 unspecified atom stereocenters. The molecule has 0 bridgehead atoms. The fraction of sp³-hybridized carbons (Fsp3) is 0.375. The van der Waals surface area contributed by atoms with E-state index in [2.05, 4.69) is 22.5 Å². The Labute approximate surface area is 86.5 Å². The Morgan fingerprint density at radius 3 is 2.33 bits per heavy atom. The van der Waals surface area contributed by atoms with Crippen molar-refractivity contribution in [2.75, 3.05) is 19.6 Å². The van der Waals surface area contributed by atoms with Gasteiger partial charge in [-0.1, -0.05) is 6.08 Å². The highest BCUT2D eigenvalue weighted by molar-refractivity contribution is 5.86. The van der Waals surface area contributed by atoms with Crippen LogP contribution in [0.2, 0.25) is 0 Å². The summed E-state index contributed by atoms with van der Waals surface area (Å²) in [5.74, 6) is -1.70. The second-order valence-electron chi connectivity index (χ2n) is 2.52. The lowest BCUT2D eigenvalue weighted by Gasteiger charge is -2.05. The highest BCUT2D eigenvalue weighted by atomic mass is 16.4. The molecule has 0 rings (SSSR count). The molecule has 0 aliphatic heterocycles. The summed E-state index contributed by atoms with van der Waals surface area (Å²) in [5, 5.41) is 14.9. The number of hydrogen-bond acceptors (Lipinski definition) is 3. The van der Waals surface area contributed by atoms with Gasteiger partial charge in [-0.05, 0) is 0 Å². The zero-order chi connectivity index (χ0) is 11.7. The van der Waals surface area contributed by atoms with Gasteiger partial charge < -0.3 is 21.1 Å².